The van der Waals surface area contributed by atoms with Crippen molar-refractivity contribution in [2.75, 3.05) is 31.6 Å². The van der Waals surface area contributed by atoms with E-state index in [9.17, 15) is 14.5 Å². The van der Waals surface area contributed by atoms with Crippen LogP contribution in [0.5, 0.6) is 5.75 Å². The van der Waals surface area contributed by atoms with E-state index in [4.69, 9.17) is 4.74 Å². The highest BCUT2D eigenvalue weighted by atomic mass is 19.1. The lowest BCUT2D eigenvalue weighted by atomic mass is 10.1. The molecule has 0 spiro atoms. The maximum atomic E-state index is 13.8. The summed E-state index contributed by atoms with van der Waals surface area (Å²) in [5.41, 5.74) is 0.211. The van der Waals surface area contributed by atoms with Crippen molar-refractivity contribution in [3.63, 3.8) is 0 Å². The smallest absolute Gasteiger partial charge is 0.295 e. The average Bonchev–Trinajstić information content (AvgIpc) is 2.98. The lowest BCUT2D eigenvalue weighted by Gasteiger charge is -2.30. The number of halogens is 1. The number of nitro benzene ring substituents is 1. The molecule has 1 fully saturated rings. The van der Waals surface area contributed by atoms with Gasteiger partial charge >= 0.3 is 0 Å². The Labute approximate surface area is 123 Å². The van der Waals surface area contributed by atoms with Gasteiger partial charge in [0.25, 0.3) is 5.69 Å². The first kappa shape index (κ1) is 15.5. The van der Waals surface area contributed by atoms with Gasteiger partial charge in [-0.1, -0.05) is 6.92 Å². The van der Waals surface area contributed by atoms with Crippen molar-refractivity contribution < 1.29 is 14.1 Å². The third kappa shape index (κ3) is 3.24. The predicted molar refractivity (Wildman–Crippen MR) is 78.5 cm³/mol. The third-order valence-corrected chi connectivity index (χ3v) is 3.69. The Morgan fingerprint density at radius 2 is 2.33 bits per heavy atom. The number of hydrogen-bond acceptors (Lipinski definition) is 5. The molecule has 1 aliphatic heterocycles. The Balaban J connectivity index is 2.48. The maximum absolute atomic E-state index is 13.8. The SMILES string of the molecule is CCCN(c1cc(OC)c(F)cc1[N+](=O)[O-])C1CCNC1. The molecule has 1 saturated heterocycles. The molecule has 0 amide bonds. The second kappa shape index (κ2) is 6.71. The van der Waals surface area contributed by atoms with E-state index in [0.717, 1.165) is 32.0 Å². The van der Waals surface area contributed by atoms with Gasteiger partial charge < -0.3 is 15.0 Å². The van der Waals surface area contributed by atoms with E-state index >= 15 is 0 Å². The van der Waals surface area contributed by atoms with E-state index in [1.807, 2.05) is 11.8 Å². The second-order valence-electron chi connectivity index (χ2n) is 5.07. The monoisotopic (exact) mass is 297 g/mol. The summed E-state index contributed by atoms with van der Waals surface area (Å²) in [4.78, 5) is 12.7. The summed E-state index contributed by atoms with van der Waals surface area (Å²) in [5, 5.41) is 14.5. The van der Waals surface area contributed by atoms with Crippen LogP contribution in [0.4, 0.5) is 15.8 Å². The Hall–Kier alpha value is -1.89. The van der Waals surface area contributed by atoms with E-state index in [1.165, 1.54) is 13.2 Å². The highest BCUT2D eigenvalue weighted by Crippen LogP contribution is 2.36. The first-order valence-corrected chi connectivity index (χ1v) is 7.07. The van der Waals surface area contributed by atoms with Gasteiger partial charge in [-0.3, -0.25) is 10.1 Å². The van der Waals surface area contributed by atoms with Crippen LogP contribution in [0, 0.1) is 15.9 Å². The minimum Gasteiger partial charge on any atom is -0.494 e. The first-order chi connectivity index (χ1) is 10.1. The Morgan fingerprint density at radius 3 is 2.86 bits per heavy atom. The summed E-state index contributed by atoms with van der Waals surface area (Å²) in [5.74, 6) is -0.684. The quantitative estimate of drug-likeness (QED) is 0.644. The summed E-state index contributed by atoms with van der Waals surface area (Å²) < 4.78 is 18.7. The summed E-state index contributed by atoms with van der Waals surface area (Å²) in [6.45, 7) is 4.36. The van der Waals surface area contributed by atoms with E-state index in [-0.39, 0.29) is 17.5 Å². The van der Waals surface area contributed by atoms with Crippen LogP contribution in [0.2, 0.25) is 0 Å². The molecule has 1 aromatic carbocycles. The van der Waals surface area contributed by atoms with Gasteiger partial charge in [0.15, 0.2) is 11.6 Å². The fourth-order valence-corrected chi connectivity index (χ4v) is 2.71. The van der Waals surface area contributed by atoms with E-state index in [1.54, 1.807) is 0 Å². The number of benzene rings is 1. The average molecular weight is 297 g/mol. The largest absolute Gasteiger partial charge is 0.494 e. The number of nitrogens with one attached hydrogen (secondary N) is 1. The topological polar surface area (TPSA) is 67.6 Å². The number of ether oxygens (including phenoxy) is 1. The molecular formula is C14H20FN3O3. The third-order valence-electron chi connectivity index (χ3n) is 3.69. The summed E-state index contributed by atoms with van der Waals surface area (Å²) in [6.07, 6.45) is 1.77. The molecule has 0 aromatic heterocycles. The number of nitro groups is 1. The minimum absolute atomic E-state index is 0.0302. The van der Waals surface area contributed by atoms with Crippen LogP contribution in [0.1, 0.15) is 19.8 Å². The van der Waals surface area contributed by atoms with E-state index in [2.05, 4.69) is 5.32 Å². The van der Waals surface area contributed by atoms with Gasteiger partial charge in [0, 0.05) is 25.2 Å². The van der Waals surface area contributed by atoms with Gasteiger partial charge in [0.2, 0.25) is 0 Å². The standard InChI is InChI=1S/C14H20FN3O3/c1-3-6-17(10-4-5-16-9-10)12-8-14(21-2)11(15)7-13(12)18(19)20/h7-8,10,16H,3-6,9H2,1-2H3. The molecule has 1 aromatic rings. The second-order valence-corrected chi connectivity index (χ2v) is 5.07. The van der Waals surface area contributed by atoms with Gasteiger partial charge in [-0.2, -0.15) is 0 Å². The van der Waals surface area contributed by atoms with E-state index < -0.39 is 10.7 Å². The van der Waals surface area contributed by atoms with Gasteiger partial charge in [-0.15, -0.1) is 0 Å². The molecule has 21 heavy (non-hydrogen) atoms. The molecule has 0 aliphatic carbocycles. The van der Waals surface area contributed by atoms with Crippen molar-refractivity contribution in [3.05, 3.63) is 28.1 Å². The zero-order valence-corrected chi connectivity index (χ0v) is 12.3. The lowest BCUT2D eigenvalue weighted by molar-refractivity contribution is -0.384. The normalized spacial score (nSPS) is 17.8. The van der Waals surface area contributed by atoms with Crippen LogP contribution in [-0.2, 0) is 0 Å². The van der Waals surface area contributed by atoms with Crippen LogP contribution in [-0.4, -0.2) is 37.7 Å². The number of hydrogen-bond donors (Lipinski definition) is 1. The lowest BCUT2D eigenvalue weighted by Crippen LogP contribution is -2.38. The summed E-state index contributed by atoms with van der Waals surface area (Å²) >= 11 is 0. The Kier molecular flexibility index (Phi) is 4.95. The number of anilines is 1. The van der Waals surface area contributed by atoms with E-state index in [0.29, 0.717) is 12.2 Å². The molecule has 1 heterocycles. The Morgan fingerprint density at radius 1 is 1.57 bits per heavy atom. The highest BCUT2D eigenvalue weighted by Gasteiger charge is 2.29. The fourth-order valence-electron chi connectivity index (χ4n) is 2.71. The van der Waals surface area contributed by atoms with Crippen molar-refractivity contribution >= 4 is 11.4 Å². The van der Waals surface area contributed by atoms with Gasteiger partial charge in [0.05, 0.1) is 18.1 Å². The molecule has 1 N–H and O–H groups in total. The molecule has 116 valence electrons. The first-order valence-electron chi connectivity index (χ1n) is 7.07. The van der Waals surface area contributed by atoms with Crippen LogP contribution in [0.3, 0.4) is 0 Å². The molecule has 0 saturated carbocycles. The molecule has 7 heteroatoms. The minimum atomic E-state index is -0.714. The summed E-state index contributed by atoms with van der Waals surface area (Å²) in [7, 11) is 1.36. The molecular weight excluding hydrogens is 277 g/mol. The zero-order valence-electron chi connectivity index (χ0n) is 12.3. The molecule has 0 radical (unpaired) electrons. The zero-order chi connectivity index (χ0) is 15.4. The van der Waals surface area contributed by atoms with Crippen molar-refractivity contribution in [1.29, 1.82) is 0 Å². The van der Waals surface area contributed by atoms with Gasteiger partial charge in [0.1, 0.15) is 5.69 Å². The van der Waals surface area contributed by atoms with Gasteiger partial charge in [-0.05, 0) is 19.4 Å². The molecule has 1 aliphatic rings. The van der Waals surface area contributed by atoms with Crippen LogP contribution < -0.4 is 15.0 Å². The number of nitrogens with zero attached hydrogens (tertiary/aromatic N) is 2. The number of rotatable bonds is 6. The summed E-state index contributed by atoms with van der Waals surface area (Å²) in [6, 6.07) is 2.56. The molecule has 0 bridgehead atoms. The maximum Gasteiger partial charge on any atom is 0.295 e. The molecule has 1 atom stereocenters. The molecule has 2 rings (SSSR count). The molecule has 6 nitrogen and oxygen atoms in total. The highest BCUT2D eigenvalue weighted by molar-refractivity contribution is 5.67. The van der Waals surface area contributed by atoms with Crippen molar-refractivity contribution in [3.8, 4) is 5.75 Å². The van der Waals surface area contributed by atoms with Crippen LogP contribution in [0.25, 0.3) is 0 Å². The van der Waals surface area contributed by atoms with Gasteiger partial charge in [-0.25, -0.2) is 4.39 Å². The predicted octanol–water partition coefficient (Wildman–Crippen LogP) is 2.32. The Bertz CT molecular complexity index is 518. The molecule has 1 unspecified atom stereocenters. The fraction of sp³-hybridized carbons (Fsp3) is 0.571. The van der Waals surface area contributed by atoms with Crippen molar-refractivity contribution in [2.24, 2.45) is 0 Å². The van der Waals surface area contributed by atoms with Crippen molar-refractivity contribution in [2.45, 2.75) is 25.8 Å². The van der Waals surface area contributed by atoms with Crippen molar-refractivity contribution in [1.82, 2.24) is 5.32 Å². The number of methoxy groups -OCH3 is 1. The van der Waals surface area contributed by atoms with Crippen LogP contribution in [0.15, 0.2) is 12.1 Å². The van der Waals surface area contributed by atoms with Crippen LogP contribution >= 0.6 is 0 Å².